The van der Waals surface area contributed by atoms with E-state index in [9.17, 15) is 22.4 Å². The molecule has 0 bridgehead atoms. The molecule has 1 aromatic heterocycles. The Kier molecular flexibility index (Phi) is 3.57. The maximum Gasteiger partial charge on any atom is 0.416 e. The van der Waals surface area contributed by atoms with Gasteiger partial charge >= 0.3 is 6.18 Å². The number of hydrogen-bond acceptors (Lipinski definition) is 2. The summed E-state index contributed by atoms with van der Waals surface area (Å²) in [4.78, 5) is 12.4. The zero-order valence-corrected chi connectivity index (χ0v) is 13.1. The summed E-state index contributed by atoms with van der Waals surface area (Å²) in [6.07, 6.45) is -4.71. The number of benzene rings is 3. The minimum absolute atomic E-state index is 0.121. The lowest BCUT2D eigenvalue weighted by Crippen LogP contribution is -2.06. The molecule has 0 unspecified atom stereocenters. The van der Waals surface area contributed by atoms with Crippen LogP contribution in [0, 0.1) is 5.82 Å². The van der Waals surface area contributed by atoms with Gasteiger partial charge in [-0.15, -0.1) is 0 Å². The first-order valence-corrected chi connectivity index (χ1v) is 7.67. The summed E-state index contributed by atoms with van der Waals surface area (Å²) in [5, 5.41) is 1.77. The Hall–Kier alpha value is -3.15. The molecule has 1 heterocycles. The topological polar surface area (TPSA) is 30.2 Å². The van der Waals surface area contributed by atoms with Crippen LogP contribution in [-0.2, 0) is 6.18 Å². The standard InChI is InChI=1S/C20H10F4O2/c21-14-8-12(7-13(9-14)20(22,23)24)18-10-17(25)16-6-5-11-3-1-2-4-15(11)19(16)26-18/h1-10H. The predicted molar refractivity (Wildman–Crippen MR) is 90.4 cm³/mol. The van der Waals surface area contributed by atoms with E-state index in [-0.39, 0.29) is 16.9 Å². The molecule has 2 nitrogen and oxygen atoms in total. The molecule has 26 heavy (non-hydrogen) atoms. The molecule has 4 rings (SSSR count). The van der Waals surface area contributed by atoms with Gasteiger partial charge in [-0.1, -0.05) is 30.3 Å². The van der Waals surface area contributed by atoms with E-state index in [2.05, 4.69) is 0 Å². The van der Waals surface area contributed by atoms with Crippen molar-refractivity contribution in [3.05, 3.63) is 82.3 Å². The second-order valence-electron chi connectivity index (χ2n) is 5.86. The zero-order valence-electron chi connectivity index (χ0n) is 13.1. The maximum atomic E-state index is 13.7. The van der Waals surface area contributed by atoms with Crippen LogP contribution in [0.5, 0.6) is 0 Å². The predicted octanol–water partition coefficient (Wildman–Crippen LogP) is 5.77. The molecule has 130 valence electrons. The summed E-state index contributed by atoms with van der Waals surface area (Å²) < 4.78 is 58.3. The van der Waals surface area contributed by atoms with Crippen LogP contribution < -0.4 is 5.43 Å². The van der Waals surface area contributed by atoms with Gasteiger partial charge in [0.15, 0.2) is 5.43 Å². The summed E-state index contributed by atoms with van der Waals surface area (Å²) in [7, 11) is 0. The van der Waals surface area contributed by atoms with Crippen LogP contribution in [0.25, 0.3) is 33.1 Å². The molecular weight excluding hydrogens is 348 g/mol. The van der Waals surface area contributed by atoms with Crippen LogP contribution in [0.1, 0.15) is 5.56 Å². The van der Waals surface area contributed by atoms with Crippen molar-refractivity contribution in [2.24, 2.45) is 0 Å². The first-order valence-electron chi connectivity index (χ1n) is 7.67. The van der Waals surface area contributed by atoms with Gasteiger partial charge in [-0.05, 0) is 29.7 Å². The highest BCUT2D eigenvalue weighted by Crippen LogP contribution is 2.34. The average Bonchev–Trinajstić information content (AvgIpc) is 2.60. The van der Waals surface area contributed by atoms with E-state index in [1.165, 1.54) is 0 Å². The van der Waals surface area contributed by atoms with Crippen molar-refractivity contribution >= 4 is 21.7 Å². The van der Waals surface area contributed by atoms with E-state index < -0.39 is 23.0 Å². The smallest absolute Gasteiger partial charge is 0.416 e. The summed E-state index contributed by atoms with van der Waals surface area (Å²) in [5.41, 5.74) is -1.45. The van der Waals surface area contributed by atoms with Gasteiger partial charge in [0.25, 0.3) is 0 Å². The van der Waals surface area contributed by atoms with Gasteiger partial charge in [-0.25, -0.2) is 4.39 Å². The quantitative estimate of drug-likeness (QED) is 0.319. The third-order valence-electron chi connectivity index (χ3n) is 4.13. The minimum Gasteiger partial charge on any atom is -0.455 e. The third-order valence-corrected chi connectivity index (χ3v) is 4.13. The van der Waals surface area contributed by atoms with Crippen LogP contribution in [0.3, 0.4) is 0 Å². The minimum atomic E-state index is -4.71. The highest BCUT2D eigenvalue weighted by atomic mass is 19.4. The van der Waals surface area contributed by atoms with Crippen LogP contribution >= 0.6 is 0 Å². The molecule has 4 aromatic rings. The molecule has 0 aliphatic carbocycles. The van der Waals surface area contributed by atoms with Crippen LogP contribution in [0.15, 0.2) is 69.9 Å². The Balaban J connectivity index is 2.03. The molecule has 6 heteroatoms. The van der Waals surface area contributed by atoms with E-state index in [4.69, 9.17) is 4.42 Å². The van der Waals surface area contributed by atoms with Crippen LogP contribution in [0.2, 0.25) is 0 Å². The Morgan fingerprint density at radius 1 is 0.846 bits per heavy atom. The number of fused-ring (bicyclic) bond motifs is 3. The largest absolute Gasteiger partial charge is 0.455 e. The fraction of sp³-hybridized carbons (Fsp3) is 0.0500. The van der Waals surface area contributed by atoms with Crippen molar-refractivity contribution in [1.29, 1.82) is 0 Å². The Morgan fingerprint density at radius 2 is 1.62 bits per heavy atom. The average molecular weight is 358 g/mol. The van der Waals surface area contributed by atoms with Gasteiger partial charge in [-0.2, -0.15) is 13.2 Å². The van der Waals surface area contributed by atoms with E-state index in [1.807, 2.05) is 12.1 Å². The zero-order chi connectivity index (χ0) is 18.5. The Bertz CT molecular complexity index is 1210. The van der Waals surface area contributed by atoms with Crippen molar-refractivity contribution in [3.63, 3.8) is 0 Å². The molecule has 0 aliphatic heterocycles. The van der Waals surface area contributed by atoms with Crippen molar-refractivity contribution < 1.29 is 22.0 Å². The van der Waals surface area contributed by atoms with Crippen molar-refractivity contribution in [3.8, 4) is 11.3 Å². The second kappa shape index (κ2) is 5.69. The van der Waals surface area contributed by atoms with Gasteiger partial charge in [0, 0.05) is 17.0 Å². The van der Waals surface area contributed by atoms with E-state index in [0.717, 1.165) is 23.6 Å². The van der Waals surface area contributed by atoms with Gasteiger partial charge in [0.1, 0.15) is 17.2 Å². The molecule has 0 saturated carbocycles. The number of alkyl halides is 3. The van der Waals surface area contributed by atoms with Gasteiger partial charge in [0.05, 0.1) is 10.9 Å². The molecular formula is C20H10F4O2. The normalized spacial score (nSPS) is 12.0. The van der Waals surface area contributed by atoms with E-state index in [1.54, 1.807) is 24.3 Å². The van der Waals surface area contributed by atoms with Crippen molar-refractivity contribution in [2.75, 3.05) is 0 Å². The van der Waals surface area contributed by atoms with E-state index in [0.29, 0.717) is 16.8 Å². The molecule has 0 amide bonds. The number of halogens is 4. The van der Waals surface area contributed by atoms with Gasteiger partial charge in [0.2, 0.25) is 0 Å². The summed E-state index contributed by atoms with van der Waals surface area (Å²) in [5.74, 6) is -1.18. The molecule has 3 aromatic carbocycles. The van der Waals surface area contributed by atoms with Crippen LogP contribution in [0.4, 0.5) is 17.6 Å². The molecule has 0 saturated heterocycles. The van der Waals surface area contributed by atoms with Crippen molar-refractivity contribution in [1.82, 2.24) is 0 Å². The summed E-state index contributed by atoms with van der Waals surface area (Å²) in [6.45, 7) is 0. The molecule has 0 atom stereocenters. The molecule has 0 radical (unpaired) electrons. The first-order chi connectivity index (χ1) is 12.3. The highest BCUT2D eigenvalue weighted by Gasteiger charge is 2.31. The lowest BCUT2D eigenvalue weighted by molar-refractivity contribution is -0.137. The summed E-state index contributed by atoms with van der Waals surface area (Å²) in [6, 6.07) is 13.7. The fourth-order valence-corrected chi connectivity index (χ4v) is 2.92. The van der Waals surface area contributed by atoms with Gasteiger partial charge < -0.3 is 4.42 Å². The molecule has 0 aliphatic rings. The number of hydrogen-bond donors (Lipinski definition) is 0. The second-order valence-corrected chi connectivity index (χ2v) is 5.86. The lowest BCUT2D eigenvalue weighted by atomic mass is 10.0. The molecule has 0 fully saturated rings. The Labute approximate surface area is 144 Å². The highest BCUT2D eigenvalue weighted by molar-refractivity contribution is 6.04. The van der Waals surface area contributed by atoms with Gasteiger partial charge in [-0.3, -0.25) is 4.79 Å². The monoisotopic (exact) mass is 358 g/mol. The van der Waals surface area contributed by atoms with Crippen molar-refractivity contribution in [2.45, 2.75) is 6.18 Å². The molecule has 0 N–H and O–H groups in total. The third kappa shape index (κ3) is 2.73. The van der Waals surface area contributed by atoms with Crippen LogP contribution in [-0.4, -0.2) is 0 Å². The SMILES string of the molecule is O=c1cc(-c2cc(F)cc(C(F)(F)F)c2)oc2c1ccc1ccccc12. The van der Waals surface area contributed by atoms with E-state index >= 15 is 0 Å². The molecule has 0 spiro atoms. The lowest BCUT2D eigenvalue weighted by Gasteiger charge is -2.10. The summed E-state index contributed by atoms with van der Waals surface area (Å²) >= 11 is 0. The number of rotatable bonds is 1. The first kappa shape index (κ1) is 16.3. The Morgan fingerprint density at radius 3 is 2.38 bits per heavy atom. The fourth-order valence-electron chi connectivity index (χ4n) is 2.92. The maximum absolute atomic E-state index is 13.7.